The van der Waals surface area contributed by atoms with Gasteiger partial charge in [0.1, 0.15) is 7.28 Å². The normalized spacial score (nSPS) is 28.4. The molecule has 1 aliphatic rings. The number of hydrogen-bond donors (Lipinski definition) is 0. The van der Waals surface area contributed by atoms with Crippen LogP contribution in [0.3, 0.4) is 0 Å². The average Bonchev–Trinajstić information content (AvgIpc) is 2.04. The summed E-state index contributed by atoms with van der Waals surface area (Å²) in [6, 6.07) is 0. The van der Waals surface area contributed by atoms with Crippen molar-refractivity contribution in [3.63, 3.8) is 0 Å². The summed E-state index contributed by atoms with van der Waals surface area (Å²) in [5, 5.41) is 0.396. The Labute approximate surface area is 110 Å². The standard InChI is InChI=1S/C16H32B/c1-15(2,3)13-9-7-11-14(12-8-10-13)17-16(4,5)6/h13-14H,7-12H2,1-6H3. The predicted octanol–water partition coefficient (Wildman–Crippen LogP) is 5.71. The Morgan fingerprint density at radius 3 is 1.59 bits per heavy atom. The molecule has 1 fully saturated rings. The zero-order valence-electron chi connectivity index (χ0n) is 13.0. The van der Waals surface area contributed by atoms with Crippen LogP contribution in [0.15, 0.2) is 0 Å². The summed E-state index contributed by atoms with van der Waals surface area (Å²) in [4.78, 5) is 0. The quantitative estimate of drug-likeness (QED) is 0.510. The highest BCUT2D eigenvalue weighted by molar-refractivity contribution is 6.41. The molecule has 0 atom stereocenters. The first kappa shape index (κ1) is 15.1. The fourth-order valence-electron chi connectivity index (χ4n) is 3.28. The summed E-state index contributed by atoms with van der Waals surface area (Å²) in [5.41, 5.74) is 0.514. The molecule has 99 valence electrons. The van der Waals surface area contributed by atoms with Crippen LogP contribution in [0.4, 0.5) is 0 Å². The van der Waals surface area contributed by atoms with Crippen molar-refractivity contribution < 1.29 is 0 Å². The third-order valence-electron chi connectivity index (χ3n) is 4.22. The highest BCUT2D eigenvalue weighted by atomic mass is 14.3. The van der Waals surface area contributed by atoms with E-state index >= 15 is 0 Å². The van der Waals surface area contributed by atoms with Crippen LogP contribution in [-0.4, -0.2) is 7.28 Å². The molecule has 0 nitrogen and oxygen atoms in total. The van der Waals surface area contributed by atoms with E-state index in [0.29, 0.717) is 10.7 Å². The Morgan fingerprint density at radius 2 is 1.24 bits per heavy atom. The Hall–Kier alpha value is 0.0649. The molecule has 0 N–H and O–H groups in total. The van der Waals surface area contributed by atoms with E-state index in [9.17, 15) is 0 Å². The van der Waals surface area contributed by atoms with Crippen molar-refractivity contribution in [3.05, 3.63) is 0 Å². The molecule has 0 amide bonds. The molecule has 0 saturated heterocycles. The first-order chi connectivity index (χ1) is 7.68. The minimum atomic E-state index is 0.396. The first-order valence-corrected chi connectivity index (χ1v) is 7.54. The lowest BCUT2D eigenvalue weighted by atomic mass is 9.45. The van der Waals surface area contributed by atoms with E-state index in [-0.39, 0.29) is 0 Å². The molecular formula is C16H32B. The monoisotopic (exact) mass is 235 g/mol. The lowest BCUT2D eigenvalue weighted by Gasteiger charge is -2.34. The topological polar surface area (TPSA) is 0 Å². The molecular weight excluding hydrogens is 203 g/mol. The van der Waals surface area contributed by atoms with Crippen molar-refractivity contribution in [2.45, 2.75) is 91.2 Å². The summed E-state index contributed by atoms with van der Waals surface area (Å²) < 4.78 is 0. The summed E-state index contributed by atoms with van der Waals surface area (Å²) in [6.07, 6.45) is 8.59. The van der Waals surface area contributed by atoms with Crippen molar-refractivity contribution in [2.24, 2.45) is 11.3 Å². The van der Waals surface area contributed by atoms with Crippen molar-refractivity contribution >= 4 is 7.28 Å². The van der Waals surface area contributed by atoms with Crippen LogP contribution in [0.1, 0.15) is 80.1 Å². The molecule has 17 heavy (non-hydrogen) atoms. The van der Waals surface area contributed by atoms with E-state index in [2.05, 4.69) is 48.8 Å². The van der Waals surface area contributed by atoms with Gasteiger partial charge < -0.3 is 0 Å². The van der Waals surface area contributed by atoms with Gasteiger partial charge >= 0.3 is 0 Å². The van der Waals surface area contributed by atoms with E-state index in [4.69, 9.17) is 0 Å². The van der Waals surface area contributed by atoms with Crippen molar-refractivity contribution in [1.29, 1.82) is 0 Å². The van der Waals surface area contributed by atoms with Gasteiger partial charge in [0.25, 0.3) is 0 Å². The molecule has 0 aromatic heterocycles. The van der Waals surface area contributed by atoms with Crippen molar-refractivity contribution in [1.82, 2.24) is 0 Å². The zero-order valence-corrected chi connectivity index (χ0v) is 13.0. The smallest absolute Gasteiger partial charge is 0.0682 e. The highest BCUT2D eigenvalue weighted by Crippen LogP contribution is 2.40. The van der Waals surface area contributed by atoms with Crippen molar-refractivity contribution in [3.8, 4) is 0 Å². The van der Waals surface area contributed by atoms with Crippen LogP contribution in [0.25, 0.3) is 0 Å². The molecule has 1 aliphatic carbocycles. The molecule has 0 aliphatic heterocycles. The molecule has 0 unspecified atom stereocenters. The number of hydrogen-bond acceptors (Lipinski definition) is 0. The lowest BCUT2D eigenvalue weighted by Crippen LogP contribution is -2.23. The van der Waals surface area contributed by atoms with E-state index in [1.807, 2.05) is 0 Å². The molecule has 0 spiro atoms. The summed E-state index contributed by atoms with van der Waals surface area (Å²) in [6.45, 7) is 14.3. The van der Waals surface area contributed by atoms with Crippen LogP contribution in [0.2, 0.25) is 11.1 Å². The minimum Gasteiger partial charge on any atom is -0.0682 e. The van der Waals surface area contributed by atoms with Gasteiger partial charge in [-0.25, -0.2) is 0 Å². The van der Waals surface area contributed by atoms with Gasteiger partial charge in [0.15, 0.2) is 0 Å². The molecule has 0 bridgehead atoms. The molecule has 0 aromatic rings. The van der Waals surface area contributed by atoms with Gasteiger partial charge in [-0.1, -0.05) is 78.4 Å². The van der Waals surface area contributed by atoms with Gasteiger partial charge in [0.05, 0.1) is 0 Å². The summed E-state index contributed by atoms with van der Waals surface area (Å²) in [5.74, 6) is 1.81. The number of rotatable bonds is 1. The Bertz CT molecular complexity index is 209. The average molecular weight is 235 g/mol. The third kappa shape index (κ3) is 5.97. The lowest BCUT2D eigenvalue weighted by molar-refractivity contribution is 0.193. The van der Waals surface area contributed by atoms with Gasteiger partial charge in [-0.05, 0) is 24.2 Å². The molecule has 1 saturated carbocycles. The van der Waals surface area contributed by atoms with Gasteiger partial charge in [-0.15, -0.1) is 0 Å². The SMILES string of the molecule is CC(C)(C)[B]C1CCCC(C(C)(C)C)CCC1. The maximum atomic E-state index is 2.60. The van der Waals surface area contributed by atoms with Gasteiger partial charge in [-0.2, -0.15) is 0 Å². The largest absolute Gasteiger partial charge is 0.120 e. The summed E-state index contributed by atoms with van der Waals surface area (Å²) >= 11 is 0. The molecule has 0 aromatic carbocycles. The van der Waals surface area contributed by atoms with Crippen LogP contribution in [0, 0.1) is 11.3 Å². The molecule has 1 rings (SSSR count). The van der Waals surface area contributed by atoms with E-state index in [1.165, 1.54) is 38.5 Å². The van der Waals surface area contributed by atoms with Crippen LogP contribution in [0.5, 0.6) is 0 Å². The van der Waals surface area contributed by atoms with Gasteiger partial charge in [-0.3, -0.25) is 0 Å². The highest BCUT2D eigenvalue weighted by Gasteiger charge is 2.27. The maximum Gasteiger partial charge on any atom is 0.120 e. The van der Waals surface area contributed by atoms with Crippen LogP contribution < -0.4 is 0 Å². The van der Waals surface area contributed by atoms with E-state index < -0.39 is 0 Å². The Balaban J connectivity index is 2.42. The van der Waals surface area contributed by atoms with E-state index in [0.717, 1.165) is 11.7 Å². The predicted molar refractivity (Wildman–Crippen MR) is 79.9 cm³/mol. The first-order valence-electron chi connectivity index (χ1n) is 7.54. The molecule has 1 radical (unpaired) electrons. The van der Waals surface area contributed by atoms with E-state index in [1.54, 1.807) is 0 Å². The third-order valence-corrected chi connectivity index (χ3v) is 4.22. The van der Waals surface area contributed by atoms with Crippen molar-refractivity contribution in [2.75, 3.05) is 0 Å². The molecule has 1 heteroatoms. The second-order valence-corrected chi connectivity index (χ2v) is 8.22. The van der Waals surface area contributed by atoms with Gasteiger partial charge in [0, 0.05) is 0 Å². The Morgan fingerprint density at radius 1 is 0.765 bits per heavy atom. The van der Waals surface area contributed by atoms with Crippen LogP contribution >= 0.6 is 0 Å². The fourth-order valence-corrected chi connectivity index (χ4v) is 3.28. The second-order valence-electron chi connectivity index (χ2n) is 8.22. The fraction of sp³-hybridized carbons (Fsp3) is 1.00. The maximum absolute atomic E-state index is 2.60. The minimum absolute atomic E-state index is 0.396. The molecule has 0 heterocycles. The van der Waals surface area contributed by atoms with Gasteiger partial charge in [0.2, 0.25) is 0 Å². The van der Waals surface area contributed by atoms with Crippen LogP contribution in [-0.2, 0) is 0 Å². The Kier molecular flexibility index (Phi) is 5.16. The second kappa shape index (κ2) is 5.80. The zero-order chi connectivity index (χ0) is 13.1. The summed E-state index contributed by atoms with van der Waals surface area (Å²) in [7, 11) is 2.60.